The third kappa shape index (κ3) is 3.17. The van der Waals surface area contributed by atoms with Crippen molar-refractivity contribution in [1.82, 2.24) is 9.80 Å². The van der Waals surface area contributed by atoms with Crippen molar-refractivity contribution < 1.29 is 14.7 Å². The Morgan fingerprint density at radius 1 is 1.35 bits per heavy atom. The maximum Gasteiger partial charge on any atom is 0.309 e. The van der Waals surface area contributed by atoms with Gasteiger partial charge in [0, 0.05) is 20.1 Å². The molecule has 0 aliphatic carbocycles. The molecule has 1 saturated heterocycles. The standard InChI is InChI=1S/C15H20N2O3/c1-11(12-6-4-3-5-7-12)16(2)14(18)10-17-8-13(9-17)15(19)20/h3-7,11,13H,8-10H2,1-2H3,(H,19,20). The molecule has 1 aliphatic rings. The van der Waals surface area contributed by atoms with Gasteiger partial charge >= 0.3 is 5.97 Å². The zero-order chi connectivity index (χ0) is 14.7. The zero-order valence-electron chi connectivity index (χ0n) is 11.8. The van der Waals surface area contributed by atoms with Crippen LogP contribution in [0.1, 0.15) is 18.5 Å². The Hall–Kier alpha value is -1.88. The normalized spacial score (nSPS) is 17.3. The third-order valence-corrected chi connectivity index (χ3v) is 3.92. The second kappa shape index (κ2) is 6.05. The lowest BCUT2D eigenvalue weighted by Gasteiger charge is -2.37. The van der Waals surface area contributed by atoms with Gasteiger partial charge in [-0.25, -0.2) is 0 Å². The van der Waals surface area contributed by atoms with Gasteiger partial charge in [-0.2, -0.15) is 0 Å². The quantitative estimate of drug-likeness (QED) is 0.878. The van der Waals surface area contributed by atoms with Gasteiger partial charge in [0.05, 0.1) is 18.5 Å². The van der Waals surface area contributed by atoms with E-state index in [9.17, 15) is 9.59 Å². The molecule has 1 amide bonds. The van der Waals surface area contributed by atoms with Crippen LogP contribution in [0.3, 0.4) is 0 Å². The minimum absolute atomic E-state index is 0.0141. The van der Waals surface area contributed by atoms with E-state index in [0.717, 1.165) is 5.56 Å². The van der Waals surface area contributed by atoms with Crippen LogP contribution in [0.4, 0.5) is 0 Å². The van der Waals surface area contributed by atoms with E-state index in [2.05, 4.69) is 0 Å². The van der Waals surface area contributed by atoms with Crippen LogP contribution in [-0.2, 0) is 9.59 Å². The van der Waals surface area contributed by atoms with Crippen LogP contribution < -0.4 is 0 Å². The van der Waals surface area contributed by atoms with Gasteiger partial charge in [0.25, 0.3) is 0 Å². The molecule has 5 nitrogen and oxygen atoms in total. The van der Waals surface area contributed by atoms with Crippen molar-refractivity contribution in [3.05, 3.63) is 35.9 Å². The second-order valence-electron chi connectivity index (χ2n) is 5.32. The molecule has 1 N–H and O–H groups in total. The first-order valence-corrected chi connectivity index (χ1v) is 6.74. The first kappa shape index (κ1) is 14.5. The highest BCUT2D eigenvalue weighted by molar-refractivity contribution is 5.79. The van der Waals surface area contributed by atoms with Crippen LogP contribution in [0.2, 0.25) is 0 Å². The Labute approximate surface area is 118 Å². The van der Waals surface area contributed by atoms with Crippen LogP contribution in [0.25, 0.3) is 0 Å². The summed E-state index contributed by atoms with van der Waals surface area (Å²) in [5, 5.41) is 8.81. The summed E-state index contributed by atoms with van der Waals surface area (Å²) in [6.45, 7) is 3.21. The monoisotopic (exact) mass is 276 g/mol. The summed E-state index contributed by atoms with van der Waals surface area (Å²) < 4.78 is 0. The van der Waals surface area contributed by atoms with E-state index in [-0.39, 0.29) is 24.4 Å². The number of benzene rings is 1. The first-order valence-electron chi connectivity index (χ1n) is 6.74. The number of carboxylic acid groups (broad SMARTS) is 1. The molecule has 1 atom stereocenters. The molecular formula is C15H20N2O3. The van der Waals surface area contributed by atoms with Gasteiger partial charge in [0.1, 0.15) is 0 Å². The van der Waals surface area contributed by atoms with Gasteiger partial charge in [-0.15, -0.1) is 0 Å². The molecule has 5 heteroatoms. The van der Waals surface area contributed by atoms with E-state index in [0.29, 0.717) is 13.1 Å². The van der Waals surface area contributed by atoms with E-state index in [1.54, 1.807) is 11.9 Å². The highest BCUT2D eigenvalue weighted by atomic mass is 16.4. The van der Waals surface area contributed by atoms with Crippen molar-refractivity contribution in [3.63, 3.8) is 0 Å². The molecule has 0 spiro atoms. The number of rotatable bonds is 5. The minimum Gasteiger partial charge on any atom is -0.481 e. The summed E-state index contributed by atoms with van der Waals surface area (Å²) in [5.74, 6) is -1.08. The van der Waals surface area contributed by atoms with E-state index >= 15 is 0 Å². The Morgan fingerprint density at radius 2 is 1.95 bits per heavy atom. The molecule has 0 radical (unpaired) electrons. The Bertz CT molecular complexity index is 483. The first-order chi connectivity index (χ1) is 9.49. The van der Waals surface area contributed by atoms with Gasteiger partial charge < -0.3 is 10.0 Å². The predicted octanol–water partition coefficient (Wildman–Crippen LogP) is 1.22. The number of hydrogen-bond donors (Lipinski definition) is 1. The number of amides is 1. The second-order valence-corrected chi connectivity index (χ2v) is 5.32. The zero-order valence-corrected chi connectivity index (χ0v) is 11.8. The molecule has 1 heterocycles. The molecule has 1 aliphatic heterocycles. The Kier molecular flexibility index (Phi) is 4.39. The lowest BCUT2D eigenvalue weighted by molar-refractivity contribution is -0.150. The third-order valence-electron chi connectivity index (χ3n) is 3.92. The number of carbonyl (C=O) groups excluding carboxylic acids is 1. The van der Waals surface area contributed by atoms with Gasteiger partial charge in [-0.1, -0.05) is 30.3 Å². The lowest BCUT2D eigenvalue weighted by Crippen LogP contribution is -2.53. The maximum atomic E-state index is 12.2. The summed E-state index contributed by atoms with van der Waals surface area (Å²) in [7, 11) is 1.79. The van der Waals surface area contributed by atoms with Crippen molar-refractivity contribution in [1.29, 1.82) is 0 Å². The van der Waals surface area contributed by atoms with Crippen molar-refractivity contribution in [3.8, 4) is 0 Å². The number of likely N-dealkylation sites (N-methyl/N-ethyl adjacent to an activating group) is 1. The predicted molar refractivity (Wildman–Crippen MR) is 75.2 cm³/mol. The van der Waals surface area contributed by atoms with Crippen molar-refractivity contribution >= 4 is 11.9 Å². The van der Waals surface area contributed by atoms with Crippen LogP contribution in [0.15, 0.2) is 30.3 Å². The summed E-state index contributed by atoms with van der Waals surface area (Å²) in [5.41, 5.74) is 1.09. The van der Waals surface area contributed by atoms with Crippen LogP contribution >= 0.6 is 0 Å². The van der Waals surface area contributed by atoms with E-state index in [1.165, 1.54) is 0 Å². The average Bonchev–Trinajstić information content (AvgIpc) is 2.40. The number of carboxylic acids is 1. The van der Waals surface area contributed by atoms with Gasteiger partial charge in [-0.3, -0.25) is 14.5 Å². The van der Waals surface area contributed by atoms with E-state index in [4.69, 9.17) is 5.11 Å². The smallest absolute Gasteiger partial charge is 0.309 e. The fourth-order valence-electron chi connectivity index (χ4n) is 2.33. The van der Waals surface area contributed by atoms with Crippen LogP contribution in [0, 0.1) is 5.92 Å². The lowest BCUT2D eigenvalue weighted by atomic mass is 10.0. The molecule has 20 heavy (non-hydrogen) atoms. The molecule has 1 aromatic rings. The Balaban J connectivity index is 1.85. The van der Waals surface area contributed by atoms with Crippen molar-refractivity contribution in [2.45, 2.75) is 13.0 Å². The average molecular weight is 276 g/mol. The number of nitrogens with zero attached hydrogens (tertiary/aromatic N) is 2. The summed E-state index contributed by atoms with van der Waals surface area (Å²) in [4.78, 5) is 26.5. The summed E-state index contributed by atoms with van der Waals surface area (Å²) >= 11 is 0. The Morgan fingerprint density at radius 3 is 2.50 bits per heavy atom. The fourth-order valence-corrected chi connectivity index (χ4v) is 2.33. The van der Waals surface area contributed by atoms with Crippen molar-refractivity contribution in [2.24, 2.45) is 5.92 Å². The van der Waals surface area contributed by atoms with E-state index < -0.39 is 5.97 Å². The van der Waals surface area contributed by atoms with E-state index in [1.807, 2.05) is 42.2 Å². The number of likely N-dealkylation sites (tertiary alicyclic amines) is 1. The molecule has 1 fully saturated rings. The molecule has 1 aromatic carbocycles. The molecule has 0 bridgehead atoms. The number of carbonyl (C=O) groups is 2. The van der Waals surface area contributed by atoms with Crippen LogP contribution in [-0.4, -0.2) is 53.5 Å². The highest BCUT2D eigenvalue weighted by Crippen LogP contribution is 2.20. The maximum absolute atomic E-state index is 12.2. The fraction of sp³-hybridized carbons (Fsp3) is 0.467. The van der Waals surface area contributed by atoms with Crippen LogP contribution in [0.5, 0.6) is 0 Å². The largest absolute Gasteiger partial charge is 0.481 e. The minimum atomic E-state index is -0.778. The molecule has 1 unspecified atom stereocenters. The van der Waals surface area contributed by atoms with Gasteiger partial charge in [0.15, 0.2) is 0 Å². The van der Waals surface area contributed by atoms with Gasteiger partial charge in [0.2, 0.25) is 5.91 Å². The highest BCUT2D eigenvalue weighted by Gasteiger charge is 2.34. The molecular weight excluding hydrogens is 256 g/mol. The summed E-state index contributed by atoms with van der Waals surface area (Å²) in [6, 6.07) is 9.87. The number of hydrogen-bond acceptors (Lipinski definition) is 3. The molecule has 108 valence electrons. The van der Waals surface area contributed by atoms with Gasteiger partial charge in [-0.05, 0) is 12.5 Å². The SMILES string of the molecule is CC(c1ccccc1)N(C)C(=O)CN1CC(C(=O)O)C1. The van der Waals surface area contributed by atoms with Crippen molar-refractivity contribution in [2.75, 3.05) is 26.7 Å². The molecule has 0 saturated carbocycles. The summed E-state index contributed by atoms with van der Waals surface area (Å²) in [6.07, 6.45) is 0. The molecule has 2 rings (SSSR count). The molecule has 0 aromatic heterocycles. The topological polar surface area (TPSA) is 60.9 Å². The number of aliphatic carboxylic acids is 1.